The van der Waals surface area contributed by atoms with Crippen LogP contribution in [0.15, 0.2) is 0 Å². The molecule has 1 unspecified atom stereocenters. The number of ether oxygens (including phenoxy) is 1. The molecule has 0 spiro atoms. The van der Waals surface area contributed by atoms with Crippen molar-refractivity contribution in [3.05, 3.63) is 0 Å². The van der Waals surface area contributed by atoms with E-state index in [0.29, 0.717) is 5.92 Å². The van der Waals surface area contributed by atoms with Crippen molar-refractivity contribution in [2.75, 3.05) is 7.05 Å². The Bertz CT molecular complexity index is 303. The Labute approximate surface area is 116 Å². The molecular weight excluding hydrogens is 242 g/mol. The third kappa shape index (κ3) is 5.62. The van der Waals surface area contributed by atoms with Crippen molar-refractivity contribution < 1.29 is 14.3 Å². The van der Waals surface area contributed by atoms with E-state index >= 15 is 0 Å². The number of hydrogen-bond donors (Lipinski definition) is 0. The van der Waals surface area contributed by atoms with Crippen LogP contribution in [0.5, 0.6) is 0 Å². The molecule has 0 aromatic carbocycles. The van der Waals surface area contributed by atoms with Gasteiger partial charge in [-0.05, 0) is 33.1 Å². The number of hydrogen-bond acceptors (Lipinski definition) is 3. The molecule has 4 heteroatoms. The van der Waals surface area contributed by atoms with Crippen molar-refractivity contribution in [1.29, 1.82) is 0 Å². The molecule has 1 fully saturated rings. The summed E-state index contributed by atoms with van der Waals surface area (Å²) >= 11 is 0. The molecule has 1 amide bonds. The molecule has 0 heterocycles. The minimum atomic E-state index is -0.524. The van der Waals surface area contributed by atoms with E-state index in [1.807, 2.05) is 20.8 Å². The molecule has 0 aliphatic heterocycles. The first kappa shape index (κ1) is 16.0. The van der Waals surface area contributed by atoms with Crippen LogP contribution in [0, 0.1) is 5.92 Å². The molecule has 1 saturated carbocycles. The summed E-state index contributed by atoms with van der Waals surface area (Å²) in [6.45, 7) is 5.49. The van der Waals surface area contributed by atoms with Gasteiger partial charge in [0.15, 0.2) is 0 Å². The van der Waals surface area contributed by atoms with Crippen LogP contribution in [0.25, 0.3) is 0 Å². The zero-order valence-electron chi connectivity index (χ0n) is 12.6. The van der Waals surface area contributed by atoms with Crippen molar-refractivity contribution in [1.82, 2.24) is 4.90 Å². The zero-order valence-corrected chi connectivity index (χ0v) is 12.6. The average molecular weight is 269 g/mol. The molecule has 0 aromatic rings. The number of carbonyl (C=O) groups excluding carboxylic acids is 2. The van der Waals surface area contributed by atoms with Crippen LogP contribution in [0.3, 0.4) is 0 Å². The Balaban J connectivity index is 2.52. The topological polar surface area (TPSA) is 46.6 Å². The van der Waals surface area contributed by atoms with Gasteiger partial charge in [0.25, 0.3) is 0 Å². The maximum absolute atomic E-state index is 11.9. The van der Waals surface area contributed by atoms with Crippen LogP contribution in [0.2, 0.25) is 0 Å². The molecule has 0 radical (unpaired) electrons. The molecular formula is C15H27NO3. The summed E-state index contributed by atoms with van der Waals surface area (Å²) in [6.07, 6.45) is 7.35. The molecule has 1 aliphatic rings. The normalized spacial score (nSPS) is 18.7. The van der Waals surface area contributed by atoms with Gasteiger partial charge in [-0.3, -0.25) is 0 Å². The second-order valence-corrected chi connectivity index (χ2v) is 6.53. The lowest BCUT2D eigenvalue weighted by Gasteiger charge is -2.31. The summed E-state index contributed by atoms with van der Waals surface area (Å²) in [5.74, 6) is 0.564. The van der Waals surface area contributed by atoms with Crippen LogP contribution in [-0.4, -0.2) is 36.0 Å². The fourth-order valence-corrected chi connectivity index (χ4v) is 2.54. The zero-order chi connectivity index (χ0) is 14.5. The van der Waals surface area contributed by atoms with E-state index in [0.717, 1.165) is 12.7 Å². The smallest absolute Gasteiger partial charge is 0.410 e. The predicted molar refractivity (Wildman–Crippen MR) is 75.0 cm³/mol. The molecule has 1 rings (SSSR count). The van der Waals surface area contributed by atoms with Crippen molar-refractivity contribution in [3.63, 3.8) is 0 Å². The van der Waals surface area contributed by atoms with Gasteiger partial charge < -0.3 is 14.4 Å². The van der Waals surface area contributed by atoms with E-state index in [-0.39, 0.29) is 6.04 Å². The monoisotopic (exact) mass is 269 g/mol. The Hall–Kier alpha value is -1.06. The van der Waals surface area contributed by atoms with Gasteiger partial charge in [-0.2, -0.15) is 0 Å². The molecule has 0 saturated heterocycles. The average Bonchev–Trinajstić information content (AvgIpc) is 2.34. The van der Waals surface area contributed by atoms with Gasteiger partial charge in [0, 0.05) is 7.05 Å². The second kappa shape index (κ2) is 6.92. The molecule has 0 bridgehead atoms. The lowest BCUT2D eigenvalue weighted by molar-refractivity contribution is -0.112. The molecule has 0 N–H and O–H groups in total. The summed E-state index contributed by atoms with van der Waals surface area (Å²) in [6, 6.07) is -0.363. The summed E-state index contributed by atoms with van der Waals surface area (Å²) in [7, 11) is 1.65. The van der Waals surface area contributed by atoms with Crippen LogP contribution in [-0.2, 0) is 9.53 Å². The lowest BCUT2D eigenvalue weighted by Crippen LogP contribution is -2.42. The van der Waals surface area contributed by atoms with Crippen molar-refractivity contribution in [3.8, 4) is 0 Å². The van der Waals surface area contributed by atoms with Crippen LogP contribution in [0.4, 0.5) is 4.79 Å². The first-order chi connectivity index (χ1) is 8.83. The van der Waals surface area contributed by atoms with Gasteiger partial charge in [0.1, 0.15) is 11.9 Å². The molecule has 1 aliphatic carbocycles. The number of carbonyl (C=O) groups is 2. The quantitative estimate of drug-likeness (QED) is 0.735. The molecule has 19 heavy (non-hydrogen) atoms. The van der Waals surface area contributed by atoms with Crippen LogP contribution >= 0.6 is 0 Å². The second-order valence-electron chi connectivity index (χ2n) is 6.53. The molecule has 4 nitrogen and oxygen atoms in total. The van der Waals surface area contributed by atoms with E-state index in [2.05, 4.69) is 0 Å². The number of amides is 1. The Kier molecular flexibility index (Phi) is 5.83. The Morgan fingerprint density at radius 3 is 2.37 bits per heavy atom. The van der Waals surface area contributed by atoms with Gasteiger partial charge >= 0.3 is 6.09 Å². The summed E-state index contributed by atoms with van der Waals surface area (Å²) in [5.41, 5.74) is -0.524. The van der Waals surface area contributed by atoms with Crippen molar-refractivity contribution >= 4 is 12.4 Å². The number of rotatable bonds is 4. The first-order valence-electron chi connectivity index (χ1n) is 7.24. The number of aldehydes is 1. The fraction of sp³-hybridized carbons (Fsp3) is 0.867. The largest absolute Gasteiger partial charge is 0.444 e. The highest BCUT2D eigenvalue weighted by atomic mass is 16.6. The van der Waals surface area contributed by atoms with E-state index < -0.39 is 11.7 Å². The van der Waals surface area contributed by atoms with E-state index in [1.165, 1.54) is 37.0 Å². The molecule has 110 valence electrons. The maximum atomic E-state index is 11.9. The third-order valence-electron chi connectivity index (χ3n) is 3.64. The van der Waals surface area contributed by atoms with Gasteiger partial charge in [0.2, 0.25) is 0 Å². The van der Waals surface area contributed by atoms with E-state index in [9.17, 15) is 9.59 Å². The highest BCUT2D eigenvalue weighted by Crippen LogP contribution is 2.28. The minimum absolute atomic E-state index is 0.363. The van der Waals surface area contributed by atoms with Gasteiger partial charge in [-0.15, -0.1) is 0 Å². The van der Waals surface area contributed by atoms with Gasteiger partial charge in [0.05, 0.1) is 6.04 Å². The van der Waals surface area contributed by atoms with Crippen LogP contribution < -0.4 is 0 Å². The maximum Gasteiger partial charge on any atom is 0.410 e. The Morgan fingerprint density at radius 1 is 1.32 bits per heavy atom. The lowest BCUT2D eigenvalue weighted by atomic mass is 9.85. The van der Waals surface area contributed by atoms with Crippen molar-refractivity contribution in [2.45, 2.75) is 70.9 Å². The highest BCUT2D eigenvalue weighted by Gasteiger charge is 2.27. The fourth-order valence-electron chi connectivity index (χ4n) is 2.54. The Morgan fingerprint density at radius 2 is 1.89 bits per heavy atom. The third-order valence-corrected chi connectivity index (χ3v) is 3.64. The van der Waals surface area contributed by atoms with Crippen molar-refractivity contribution in [2.24, 2.45) is 5.92 Å². The summed E-state index contributed by atoms with van der Waals surface area (Å²) in [5, 5.41) is 0. The summed E-state index contributed by atoms with van der Waals surface area (Å²) < 4.78 is 5.30. The van der Waals surface area contributed by atoms with Crippen LogP contribution in [0.1, 0.15) is 59.3 Å². The van der Waals surface area contributed by atoms with Gasteiger partial charge in [-0.25, -0.2) is 4.79 Å². The van der Waals surface area contributed by atoms with Gasteiger partial charge in [-0.1, -0.05) is 32.1 Å². The summed E-state index contributed by atoms with van der Waals surface area (Å²) in [4.78, 5) is 24.6. The molecule has 1 atom stereocenters. The SMILES string of the molecule is CN(C(=O)OC(C)(C)C)C(C=O)CC1CCCCC1. The number of nitrogens with zero attached hydrogens (tertiary/aromatic N) is 1. The van der Waals surface area contributed by atoms with E-state index in [1.54, 1.807) is 7.05 Å². The predicted octanol–water partition coefficient (Wildman–Crippen LogP) is 3.39. The van der Waals surface area contributed by atoms with E-state index in [4.69, 9.17) is 4.74 Å². The molecule has 0 aromatic heterocycles. The standard InChI is InChI=1S/C15H27NO3/c1-15(2,3)19-14(18)16(4)13(11-17)10-12-8-6-5-7-9-12/h11-13H,5-10H2,1-4H3. The highest BCUT2D eigenvalue weighted by molar-refractivity contribution is 5.73. The minimum Gasteiger partial charge on any atom is -0.444 e. The first-order valence-corrected chi connectivity index (χ1v) is 7.24. The number of likely N-dealkylation sites (N-methyl/N-ethyl adjacent to an activating group) is 1.